The van der Waals surface area contributed by atoms with Gasteiger partial charge in [0.05, 0.1) is 12.2 Å². The van der Waals surface area contributed by atoms with Crippen molar-refractivity contribution in [1.29, 1.82) is 0 Å². The number of esters is 1. The first-order chi connectivity index (χ1) is 12.8. The largest absolute Gasteiger partial charge is 0.458 e. The summed E-state index contributed by atoms with van der Waals surface area (Å²) in [7, 11) is 0. The van der Waals surface area contributed by atoms with Crippen LogP contribution in [0.3, 0.4) is 0 Å². The van der Waals surface area contributed by atoms with E-state index in [0.29, 0.717) is 24.4 Å². The molecule has 0 aromatic carbocycles. The molecule has 0 amide bonds. The van der Waals surface area contributed by atoms with Crippen molar-refractivity contribution in [3.05, 3.63) is 11.6 Å². The predicted octanol–water partition coefficient (Wildman–Crippen LogP) is 3.85. The summed E-state index contributed by atoms with van der Waals surface area (Å²) >= 11 is 0. The molecule has 3 fully saturated rings. The predicted molar refractivity (Wildman–Crippen MR) is 104 cm³/mol. The Bertz CT molecular complexity index is 628. The highest BCUT2D eigenvalue weighted by Gasteiger charge is 2.58. The van der Waals surface area contributed by atoms with Gasteiger partial charge in [-0.15, -0.1) is 0 Å². The summed E-state index contributed by atoms with van der Waals surface area (Å²) in [5, 5.41) is 21.8. The summed E-state index contributed by atoms with van der Waals surface area (Å²) in [6, 6.07) is 0. The van der Waals surface area contributed by atoms with Crippen molar-refractivity contribution in [1.82, 2.24) is 0 Å². The monoisotopic (exact) mass is 376 g/mol. The Labute approximate surface area is 163 Å². The summed E-state index contributed by atoms with van der Waals surface area (Å²) in [5.41, 5.74) is 1.15. The average Bonchev–Trinajstić information content (AvgIpc) is 3.05. The Kier molecular flexibility index (Phi) is 4.95. The Morgan fingerprint density at radius 3 is 2.63 bits per heavy atom. The molecule has 8 atom stereocenters. The minimum atomic E-state index is -0.331. The summed E-state index contributed by atoms with van der Waals surface area (Å²) in [4.78, 5) is 11.6. The van der Waals surface area contributed by atoms with Gasteiger partial charge in [-0.2, -0.15) is 0 Å². The number of carbonyl (C=O) groups is 1. The number of carbonyl (C=O) groups excluding carboxylic acids is 1. The van der Waals surface area contributed by atoms with Crippen LogP contribution in [0.5, 0.6) is 0 Å². The third kappa shape index (κ3) is 2.98. The molecule has 3 saturated carbocycles. The van der Waals surface area contributed by atoms with Gasteiger partial charge in [-0.3, -0.25) is 0 Å². The molecule has 2 N–H and O–H groups in total. The maximum Gasteiger partial charge on any atom is 0.331 e. The molecule has 0 aromatic heterocycles. The number of aliphatic hydroxyl groups is 2. The summed E-state index contributed by atoms with van der Waals surface area (Å²) < 4.78 is 5.19. The van der Waals surface area contributed by atoms with Gasteiger partial charge in [-0.05, 0) is 86.0 Å². The van der Waals surface area contributed by atoms with Gasteiger partial charge in [0.25, 0.3) is 0 Å². The Morgan fingerprint density at radius 1 is 1.19 bits per heavy atom. The quantitative estimate of drug-likeness (QED) is 0.734. The fraction of sp³-hybridized carbons (Fsp3) is 0.870. The Morgan fingerprint density at radius 2 is 1.96 bits per heavy atom. The van der Waals surface area contributed by atoms with E-state index in [1.165, 1.54) is 0 Å². The number of ether oxygens (including phenoxy) is 1. The highest BCUT2D eigenvalue weighted by molar-refractivity contribution is 5.85. The van der Waals surface area contributed by atoms with E-state index in [2.05, 4.69) is 20.8 Å². The number of rotatable bonds is 3. The van der Waals surface area contributed by atoms with Crippen molar-refractivity contribution in [2.45, 2.75) is 84.3 Å². The minimum absolute atomic E-state index is 0.130. The van der Waals surface area contributed by atoms with Crippen LogP contribution in [0.1, 0.15) is 72.1 Å². The molecule has 4 nitrogen and oxygen atoms in total. The van der Waals surface area contributed by atoms with E-state index in [1.54, 1.807) is 6.08 Å². The van der Waals surface area contributed by atoms with Gasteiger partial charge < -0.3 is 14.9 Å². The molecule has 4 heteroatoms. The molecule has 0 aromatic rings. The second kappa shape index (κ2) is 6.88. The van der Waals surface area contributed by atoms with Gasteiger partial charge in [-0.1, -0.05) is 20.8 Å². The van der Waals surface area contributed by atoms with Crippen molar-refractivity contribution in [2.24, 2.45) is 34.5 Å². The maximum absolute atomic E-state index is 11.6. The van der Waals surface area contributed by atoms with E-state index in [1.807, 2.05) is 0 Å². The molecule has 1 aliphatic heterocycles. The van der Waals surface area contributed by atoms with E-state index in [4.69, 9.17) is 4.74 Å². The molecule has 4 aliphatic rings. The number of hydrogen-bond acceptors (Lipinski definition) is 4. The summed E-state index contributed by atoms with van der Waals surface area (Å²) in [6.07, 6.45) is 9.43. The smallest absolute Gasteiger partial charge is 0.331 e. The van der Waals surface area contributed by atoms with Crippen molar-refractivity contribution >= 4 is 5.97 Å². The van der Waals surface area contributed by atoms with Gasteiger partial charge in [0.15, 0.2) is 0 Å². The second-order valence-electron chi connectivity index (χ2n) is 10.3. The summed E-state index contributed by atoms with van der Waals surface area (Å²) in [5.74, 6) is 1.47. The standard InChI is InChI=1S/C23H36O4/c1-4-18(14-11-20(25)27-13-14)23(3)10-8-19-17(21(23)26)6-5-15-12-16(24)7-9-22(15,19)2/h11,15-19,21,24,26H,4-10,12-13H2,1-3H3/t15-,16+,17-,18+,19+,21+,22+,23-/m1/s1. The molecule has 0 spiro atoms. The highest BCUT2D eigenvalue weighted by atomic mass is 16.5. The zero-order chi connectivity index (χ0) is 19.4. The average molecular weight is 377 g/mol. The lowest BCUT2D eigenvalue weighted by atomic mass is 9.45. The third-order valence-corrected chi connectivity index (χ3v) is 9.13. The van der Waals surface area contributed by atoms with Crippen molar-refractivity contribution < 1.29 is 19.7 Å². The van der Waals surface area contributed by atoms with Gasteiger partial charge in [-0.25, -0.2) is 4.79 Å². The maximum atomic E-state index is 11.6. The Balaban J connectivity index is 1.59. The first-order valence-corrected chi connectivity index (χ1v) is 11.0. The first-order valence-electron chi connectivity index (χ1n) is 11.0. The van der Waals surface area contributed by atoms with Gasteiger partial charge in [0.2, 0.25) is 0 Å². The molecule has 1 heterocycles. The SMILES string of the molecule is CC[C@@H](C1=CC(=O)OC1)[C@@]1(C)CC[C@H]2[C@@H](CC[C@@H]3C[C@@H](O)CC[C@@]32C)[C@@H]1O. The molecular formula is C23H36O4. The van der Waals surface area contributed by atoms with Crippen LogP contribution >= 0.6 is 0 Å². The van der Waals surface area contributed by atoms with Crippen LogP contribution < -0.4 is 0 Å². The van der Waals surface area contributed by atoms with Crippen LogP contribution in [0.2, 0.25) is 0 Å². The molecule has 0 radical (unpaired) electrons. The lowest BCUT2D eigenvalue weighted by Gasteiger charge is -2.61. The molecule has 0 bridgehead atoms. The molecule has 152 valence electrons. The number of aliphatic hydroxyl groups excluding tert-OH is 2. The fourth-order valence-corrected chi connectivity index (χ4v) is 7.56. The van der Waals surface area contributed by atoms with Crippen LogP contribution in [0.15, 0.2) is 11.6 Å². The van der Waals surface area contributed by atoms with E-state index in [0.717, 1.165) is 56.9 Å². The van der Waals surface area contributed by atoms with E-state index >= 15 is 0 Å². The number of hydrogen-bond donors (Lipinski definition) is 2. The van der Waals surface area contributed by atoms with Gasteiger partial charge in [0, 0.05) is 11.5 Å². The van der Waals surface area contributed by atoms with Gasteiger partial charge >= 0.3 is 5.97 Å². The van der Waals surface area contributed by atoms with Crippen molar-refractivity contribution in [2.75, 3.05) is 6.61 Å². The Hall–Kier alpha value is -0.870. The van der Waals surface area contributed by atoms with Gasteiger partial charge in [0.1, 0.15) is 6.61 Å². The molecular weight excluding hydrogens is 340 g/mol. The zero-order valence-electron chi connectivity index (χ0n) is 17.1. The zero-order valence-corrected chi connectivity index (χ0v) is 17.1. The van der Waals surface area contributed by atoms with E-state index < -0.39 is 0 Å². The lowest BCUT2D eigenvalue weighted by molar-refractivity contribution is -0.166. The normalized spacial score (nSPS) is 48.3. The van der Waals surface area contributed by atoms with Crippen LogP contribution in [0, 0.1) is 34.5 Å². The minimum Gasteiger partial charge on any atom is -0.458 e. The number of cyclic esters (lactones) is 1. The topological polar surface area (TPSA) is 66.8 Å². The van der Waals surface area contributed by atoms with Crippen molar-refractivity contribution in [3.8, 4) is 0 Å². The van der Waals surface area contributed by atoms with Crippen LogP contribution in [0.4, 0.5) is 0 Å². The van der Waals surface area contributed by atoms with Crippen molar-refractivity contribution in [3.63, 3.8) is 0 Å². The lowest BCUT2D eigenvalue weighted by Crippen LogP contribution is -2.58. The van der Waals surface area contributed by atoms with E-state index in [9.17, 15) is 15.0 Å². The first kappa shape index (κ1) is 19.4. The summed E-state index contributed by atoms with van der Waals surface area (Å²) in [6.45, 7) is 7.23. The second-order valence-corrected chi connectivity index (χ2v) is 10.3. The number of fused-ring (bicyclic) bond motifs is 3. The third-order valence-electron chi connectivity index (χ3n) is 9.13. The fourth-order valence-electron chi connectivity index (χ4n) is 7.56. The van der Waals surface area contributed by atoms with Crippen LogP contribution in [0.25, 0.3) is 0 Å². The molecule has 0 unspecified atom stereocenters. The van der Waals surface area contributed by atoms with Crippen LogP contribution in [-0.2, 0) is 9.53 Å². The molecule has 0 saturated heterocycles. The molecule has 4 rings (SSSR count). The highest BCUT2D eigenvalue weighted by Crippen LogP contribution is 2.63. The molecule has 27 heavy (non-hydrogen) atoms. The van der Waals surface area contributed by atoms with E-state index in [-0.39, 0.29) is 34.9 Å². The van der Waals surface area contributed by atoms with Crippen LogP contribution in [-0.4, -0.2) is 35.0 Å². The molecule has 3 aliphatic carbocycles.